The molecule has 6 nitrogen and oxygen atoms in total. The number of nitro groups is 1. The third-order valence-corrected chi connectivity index (χ3v) is 6.97. The predicted octanol–water partition coefficient (Wildman–Crippen LogP) is 4.14. The van der Waals surface area contributed by atoms with Gasteiger partial charge in [0.1, 0.15) is 10.6 Å². The van der Waals surface area contributed by atoms with E-state index in [4.69, 9.17) is 49.0 Å². The molecule has 9 heteroatoms. The lowest BCUT2D eigenvalue weighted by atomic mass is 9.84. The third kappa shape index (κ3) is 2.06. The summed E-state index contributed by atoms with van der Waals surface area (Å²) in [5.41, 5.74) is 0.731. The third-order valence-electron chi connectivity index (χ3n) is 5.13. The normalized spacial score (nSPS) is 33.0. The topological polar surface area (TPSA) is 70.8 Å². The SMILES string of the molecule is COC1=C(Cl)[C@@]2(Cl)[C@@H](c3ccc([N+](=O)[O-])cc3)C[C@]1(Cl)C2(OC)OC. The Bertz CT molecular complexity index is 749. The number of hydrogen-bond acceptors (Lipinski definition) is 5. The fourth-order valence-electron chi connectivity index (χ4n) is 4.08. The van der Waals surface area contributed by atoms with Crippen molar-refractivity contribution in [1.82, 2.24) is 0 Å². The summed E-state index contributed by atoms with van der Waals surface area (Å²) in [5, 5.41) is 11.1. The molecule has 3 rings (SSSR count). The van der Waals surface area contributed by atoms with Gasteiger partial charge in [-0.1, -0.05) is 23.7 Å². The molecule has 2 aliphatic rings. The maximum absolute atomic E-state index is 10.9. The van der Waals surface area contributed by atoms with E-state index in [9.17, 15) is 10.1 Å². The number of ether oxygens (including phenoxy) is 3. The highest BCUT2D eigenvalue weighted by Crippen LogP contribution is 2.73. The molecular weight excluding hydrogens is 393 g/mol. The van der Waals surface area contributed by atoms with Gasteiger partial charge in [0.25, 0.3) is 5.69 Å². The summed E-state index contributed by atoms with van der Waals surface area (Å²) in [6.07, 6.45) is 0.330. The fraction of sp³-hybridized carbons (Fsp3) is 0.500. The number of non-ortho nitro benzene ring substituents is 1. The Hall–Kier alpha value is -1.05. The van der Waals surface area contributed by atoms with Gasteiger partial charge in [-0.05, 0) is 12.0 Å². The van der Waals surface area contributed by atoms with Crippen molar-refractivity contribution in [3.8, 4) is 0 Å². The second-order valence-electron chi connectivity index (χ2n) is 5.99. The number of alkyl halides is 2. The number of methoxy groups -OCH3 is 3. The standard InChI is InChI=1S/C16H16Cl3NO5/c1-23-13-12(17)15(19)11(8-14(13,18)16(15,24-2)25-3)9-4-6-10(7-5-9)20(21)22/h4-7,11H,8H2,1-3H3/t11-,14-,15+/m1/s1. The molecule has 0 aromatic heterocycles. The summed E-state index contributed by atoms with van der Waals surface area (Å²) in [4.78, 5) is 7.86. The van der Waals surface area contributed by atoms with Crippen molar-refractivity contribution in [2.24, 2.45) is 0 Å². The Morgan fingerprint density at radius 1 is 1.16 bits per heavy atom. The quantitative estimate of drug-likeness (QED) is 0.317. The van der Waals surface area contributed by atoms with Crippen molar-refractivity contribution < 1.29 is 19.1 Å². The average molecular weight is 409 g/mol. The van der Waals surface area contributed by atoms with Crippen LogP contribution in [-0.2, 0) is 14.2 Å². The second-order valence-corrected chi connectivity index (χ2v) is 7.61. The summed E-state index contributed by atoms with van der Waals surface area (Å²) in [6.45, 7) is 0. The van der Waals surface area contributed by atoms with Gasteiger partial charge in [0, 0.05) is 32.3 Å². The van der Waals surface area contributed by atoms with E-state index in [0.29, 0.717) is 12.2 Å². The minimum absolute atomic E-state index is 0.0138. The number of halogens is 3. The maximum Gasteiger partial charge on any atom is 0.269 e. The van der Waals surface area contributed by atoms with E-state index >= 15 is 0 Å². The Balaban J connectivity index is 2.16. The zero-order chi connectivity index (χ0) is 18.6. The summed E-state index contributed by atoms with van der Waals surface area (Å²) < 4.78 is 16.7. The van der Waals surface area contributed by atoms with Gasteiger partial charge in [-0.15, -0.1) is 23.2 Å². The molecule has 0 amide bonds. The summed E-state index contributed by atoms with van der Waals surface area (Å²) >= 11 is 20.4. The van der Waals surface area contributed by atoms with E-state index in [1.807, 2.05) is 0 Å². The van der Waals surface area contributed by atoms with Crippen LogP contribution in [-0.4, -0.2) is 41.8 Å². The molecule has 0 N–H and O–H groups in total. The molecule has 2 bridgehead atoms. The minimum atomic E-state index is -1.45. The number of nitrogens with zero attached hydrogens (tertiary/aromatic N) is 1. The van der Waals surface area contributed by atoms with Crippen molar-refractivity contribution in [1.29, 1.82) is 0 Å². The first-order valence-corrected chi connectivity index (χ1v) is 8.54. The highest BCUT2D eigenvalue weighted by Gasteiger charge is 2.82. The highest BCUT2D eigenvalue weighted by molar-refractivity contribution is 6.44. The second kappa shape index (κ2) is 5.99. The van der Waals surface area contributed by atoms with E-state index in [1.165, 1.54) is 33.5 Å². The van der Waals surface area contributed by atoms with Gasteiger partial charge in [-0.2, -0.15) is 0 Å². The van der Waals surface area contributed by atoms with Crippen LogP contribution in [0.5, 0.6) is 0 Å². The number of fused-ring (bicyclic) bond motifs is 2. The molecule has 136 valence electrons. The van der Waals surface area contributed by atoms with Crippen molar-refractivity contribution in [2.75, 3.05) is 21.3 Å². The maximum atomic E-state index is 10.9. The van der Waals surface area contributed by atoms with Gasteiger partial charge in [-0.3, -0.25) is 10.1 Å². The molecule has 0 saturated heterocycles. The molecule has 25 heavy (non-hydrogen) atoms. The summed E-state index contributed by atoms with van der Waals surface area (Å²) in [5.74, 6) is -1.52. The Labute approximate surface area is 159 Å². The van der Waals surface area contributed by atoms with E-state index in [1.54, 1.807) is 12.1 Å². The summed E-state index contributed by atoms with van der Waals surface area (Å²) in [7, 11) is 4.34. The van der Waals surface area contributed by atoms with E-state index in [0.717, 1.165) is 5.56 Å². The minimum Gasteiger partial charge on any atom is -0.498 e. The number of hydrogen-bond donors (Lipinski definition) is 0. The lowest BCUT2D eigenvalue weighted by Crippen LogP contribution is -2.57. The molecule has 0 unspecified atom stereocenters. The van der Waals surface area contributed by atoms with E-state index in [-0.39, 0.29) is 10.7 Å². The van der Waals surface area contributed by atoms with Crippen LogP contribution < -0.4 is 0 Å². The Kier molecular flexibility index (Phi) is 4.49. The number of rotatable bonds is 5. The Morgan fingerprint density at radius 2 is 1.72 bits per heavy atom. The Morgan fingerprint density at radius 3 is 2.16 bits per heavy atom. The van der Waals surface area contributed by atoms with Crippen LogP contribution >= 0.6 is 34.8 Å². The fourth-order valence-corrected chi connectivity index (χ4v) is 5.91. The molecule has 3 atom stereocenters. The molecule has 2 aliphatic carbocycles. The van der Waals surface area contributed by atoms with Gasteiger partial charge < -0.3 is 14.2 Å². The van der Waals surface area contributed by atoms with E-state index in [2.05, 4.69) is 0 Å². The molecule has 1 fully saturated rings. The van der Waals surface area contributed by atoms with Crippen molar-refractivity contribution >= 4 is 40.5 Å². The molecule has 1 aromatic carbocycles. The van der Waals surface area contributed by atoms with Gasteiger partial charge in [0.15, 0.2) is 4.87 Å². The molecular formula is C16H16Cl3NO5. The number of nitro benzene ring substituents is 1. The van der Waals surface area contributed by atoms with Gasteiger partial charge in [0.05, 0.1) is 17.1 Å². The molecule has 0 aliphatic heterocycles. The number of benzene rings is 1. The monoisotopic (exact) mass is 407 g/mol. The van der Waals surface area contributed by atoms with Crippen LogP contribution in [0.15, 0.2) is 35.1 Å². The molecule has 0 radical (unpaired) electrons. The molecule has 1 saturated carbocycles. The predicted molar refractivity (Wildman–Crippen MR) is 94.3 cm³/mol. The lowest BCUT2D eigenvalue weighted by Gasteiger charge is -2.41. The van der Waals surface area contributed by atoms with Crippen LogP contribution in [0.25, 0.3) is 0 Å². The zero-order valence-corrected chi connectivity index (χ0v) is 16.0. The van der Waals surface area contributed by atoms with Crippen molar-refractivity contribution in [3.63, 3.8) is 0 Å². The van der Waals surface area contributed by atoms with Gasteiger partial charge in [0.2, 0.25) is 5.79 Å². The smallest absolute Gasteiger partial charge is 0.269 e. The zero-order valence-electron chi connectivity index (χ0n) is 13.7. The van der Waals surface area contributed by atoms with Gasteiger partial charge in [-0.25, -0.2) is 0 Å². The van der Waals surface area contributed by atoms with Crippen molar-refractivity contribution in [2.45, 2.75) is 27.9 Å². The molecule has 0 heterocycles. The van der Waals surface area contributed by atoms with Gasteiger partial charge >= 0.3 is 0 Å². The average Bonchev–Trinajstić information content (AvgIpc) is 2.88. The molecule has 0 spiro atoms. The summed E-state index contributed by atoms with van der Waals surface area (Å²) in [6, 6.07) is 6.11. The van der Waals surface area contributed by atoms with Crippen LogP contribution in [0.4, 0.5) is 5.69 Å². The van der Waals surface area contributed by atoms with Crippen molar-refractivity contribution in [3.05, 3.63) is 50.7 Å². The van der Waals surface area contributed by atoms with Crippen LogP contribution in [0.1, 0.15) is 17.9 Å². The van der Waals surface area contributed by atoms with Crippen LogP contribution in [0, 0.1) is 10.1 Å². The lowest BCUT2D eigenvalue weighted by molar-refractivity contribution is -0.384. The largest absolute Gasteiger partial charge is 0.498 e. The molecule has 1 aromatic rings. The van der Waals surface area contributed by atoms with Crippen LogP contribution in [0.3, 0.4) is 0 Å². The van der Waals surface area contributed by atoms with Crippen LogP contribution in [0.2, 0.25) is 0 Å². The van der Waals surface area contributed by atoms with E-state index < -0.39 is 26.4 Å². The first kappa shape index (κ1) is 18.7. The first-order chi connectivity index (χ1) is 11.7. The first-order valence-electron chi connectivity index (χ1n) is 7.40. The highest BCUT2D eigenvalue weighted by atomic mass is 35.5.